The van der Waals surface area contributed by atoms with Gasteiger partial charge in [-0.1, -0.05) is 17.2 Å². The Kier molecular flexibility index (Phi) is 8.09. The fraction of sp³-hybridized carbons (Fsp3) is 0.618. The van der Waals surface area contributed by atoms with Crippen molar-refractivity contribution in [3.8, 4) is 11.3 Å². The third kappa shape index (κ3) is 5.75. The molecule has 0 aliphatic carbocycles. The molecular formula is C34H49N5OS. The van der Waals surface area contributed by atoms with Gasteiger partial charge in [-0.05, 0) is 103 Å². The number of nitrogens with zero attached hydrogens (tertiary/aromatic N) is 4. The number of carbonyl (C=O) groups excluding carboxylic acids is 1. The van der Waals surface area contributed by atoms with Gasteiger partial charge in [0, 0.05) is 68.2 Å². The number of carbonyl (C=O) groups is 1. The number of thiophene rings is 1. The van der Waals surface area contributed by atoms with Crippen molar-refractivity contribution in [2.24, 2.45) is 0 Å². The van der Waals surface area contributed by atoms with E-state index in [1.165, 1.54) is 68.7 Å². The molecule has 0 atom stereocenters. The number of rotatable bonds is 9. The average Bonchev–Trinajstić information content (AvgIpc) is 3.71. The van der Waals surface area contributed by atoms with E-state index in [9.17, 15) is 4.79 Å². The number of aromatic amines is 1. The molecular weight excluding hydrogens is 526 g/mol. The Morgan fingerprint density at radius 2 is 1.51 bits per heavy atom. The van der Waals surface area contributed by atoms with Gasteiger partial charge in [0.05, 0.1) is 11.1 Å². The molecule has 2 aromatic heterocycles. The van der Waals surface area contributed by atoms with Gasteiger partial charge in [-0.3, -0.25) is 9.69 Å². The fourth-order valence-corrected chi connectivity index (χ4v) is 8.67. The minimum atomic E-state index is -0.504. The molecule has 0 radical (unpaired) electrons. The van der Waals surface area contributed by atoms with E-state index in [1.54, 1.807) is 11.3 Å². The summed E-state index contributed by atoms with van der Waals surface area (Å²) in [6.07, 6.45) is 5.76. The SMILES string of the molecule is Cc1cc(C)cc(-c2[nH]c3sc(C(C)(C)C(=O)N4C5CCC4CC5)cc3c2CCN2CCN(CCN(C)C)CC2)c1. The number of nitrogens with one attached hydrogen (secondary N) is 1. The second kappa shape index (κ2) is 11.5. The molecule has 3 fully saturated rings. The van der Waals surface area contributed by atoms with Crippen LogP contribution in [0.25, 0.3) is 21.5 Å². The monoisotopic (exact) mass is 575 g/mol. The number of hydrogen-bond donors (Lipinski definition) is 1. The highest BCUT2D eigenvalue weighted by atomic mass is 32.1. The molecule has 3 aliphatic heterocycles. The molecule has 3 aromatic rings. The molecule has 0 unspecified atom stereocenters. The molecule has 3 aliphatic rings. The second-order valence-electron chi connectivity index (χ2n) is 13.7. The zero-order valence-corrected chi connectivity index (χ0v) is 26.9. The number of fused-ring (bicyclic) bond motifs is 3. The lowest BCUT2D eigenvalue weighted by Gasteiger charge is -2.35. The molecule has 41 heavy (non-hydrogen) atoms. The normalized spacial score (nSPS) is 22.1. The zero-order chi connectivity index (χ0) is 28.9. The van der Waals surface area contributed by atoms with Crippen LogP contribution in [0.4, 0.5) is 0 Å². The number of hydrogen-bond acceptors (Lipinski definition) is 5. The molecule has 6 rings (SSSR count). The van der Waals surface area contributed by atoms with E-state index in [-0.39, 0.29) is 0 Å². The third-order valence-corrected chi connectivity index (χ3v) is 11.3. The van der Waals surface area contributed by atoms with Crippen LogP contribution in [0.1, 0.15) is 61.1 Å². The fourth-order valence-electron chi connectivity index (χ4n) is 7.49. The minimum Gasteiger partial charge on any atom is -0.346 e. The molecule has 7 heteroatoms. The van der Waals surface area contributed by atoms with E-state index >= 15 is 0 Å². The first-order chi connectivity index (χ1) is 19.6. The van der Waals surface area contributed by atoms with E-state index < -0.39 is 5.41 Å². The number of H-pyrrole nitrogens is 1. The Bertz CT molecular complexity index is 1360. The van der Waals surface area contributed by atoms with Gasteiger partial charge in [0.2, 0.25) is 5.91 Å². The first kappa shape index (κ1) is 28.9. The number of piperazine rings is 1. The van der Waals surface area contributed by atoms with E-state index in [0.717, 1.165) is 52.2 Å². The number of aryl methyl sites for hydroxylation is 2. The molecule has 5 heterocycles. The zero-order valence-electron chi connectivity index (χ0n) is 26.1. The van der Waals surface area contributed by atoms with Crippen molar-refractivity contribution in [1.82, 2.24) is 24.6 Å². The minimum absolute atomic E-state index is 0.328. The Morgan fingerprint density at radius 3 is 2.10 bits per heavy atom. The lowest BCUT2D eigenvalue weighted by molar-refractivity contribution is -0.137. The maximum Gasteiger partial charge on any atom is 0.233 e. The third-order valence-electron chi connectivity index (χ3n) is 9.95. The summed E-state index contributed by atoms with van der Waals surface area (Å²) in [6.45, 7) is 16.6. The van der Waals surface area contributed by atoms with Gasteiger partial charge in [0.25, 0.3) is 0 Å². The summed E-state index contributed by atoms with van der Waals surface area (Å²) in [6, 6.07) is 10.2. The maximum absolute atomic E-state index is 13.9. The van der Waals surface area contributed by atoms with E-state index in [2.05, 4.69) is 90.6 Å². The van der Waals surface area contributed by atoms with Crippen LogP contribution >= 0.6 is 11.3 Å². The lowest BCUT2D eigenvalue weighted by Crippen LogP contribution is -2.48. The van der Waals surface area contributed by atoms with Gasteiger partial charge in [0.1, 0.15) is 4.83 Å². The number of aromatic nitrogens is 1. The topological polar surface area (TPSA) is 45.8 Å². The largest absolute Gasteiger partial charge is 0.346 e. The van der Waals surface area contributed by atoms with Crippen LogP contribution in [0.3, 0.4) is 0 Å². The van der Waals surface area contributed by atoms with Gasteiger partial charge < -0.3 is 19.7 Å². The molecule has 0 saturated carbocycles. The lowest BCUT2D eigenvalue weighted by atomic mass is 9.88. The predicted octanol–water partition coefficient (Wildman–Crippen LogP) is 5.67. The Morgan fingerprint density at radius 1 is 0.927 bits per heavy atom. The van der Waals surface area contributed by atoms with Crippen LogP contribution in [0.2, 0.25) is 0 Å². The summed E-state index contributed by atoms with van der Waals surface area (Å²) in [5.41, 5.74) is 6.04. The first-order valence-corrected chi connectivity index (χ1v) is 16.6. The Hall–Kier alpha value is -2.19. The van der Waals surface area contributed by atoms with E-state index in [1.807, 2.05) is 0 Å². The summed E-state index contributed by atoms with van der Waals surface area (Å²) in [5, 5.41) is 1.31. The highest BCUT2D eigenvalue weighted by molar-refractivity contribution is 7.19. The Labute approximate surface area is 250 Å². The summed E-state index contributed by atoms with van der Waals surface area (Å²) >= 11 is 1.79. The molecule has 6 nitrogen and oxygen atoms in total. The van der Waals surface area contributed by atoms with Crippen molar-refractivity contribution in [3.63, 3.8) is 0 Å². The van der Waals surface area contributed by atoms with Crippen molar-refractivity contribution in [3.05, 3.63) is 45.8 Å². The van der Waals surface area contributed by atoms with Crippen LogP contribution in [0, 0.1) is 13.8 Å². The van der Waals surface area contributed by atoms with Crippen LogP contribution in [0.5, 0.6) is 0 Å². The molecule has 1 amide bonds. The molecule has 222 valence electrons. The molecule has 1 aromatic carbocycles. The summed E-state index contributed by atoms with van der Waals surface area (Å²) in [7, 11) is 4.31. The van der Waals surface area contributed by atoms with E-state index in [0.29, 0.717) is 18.0 Å². The first-order valence-electron chi connectivity index (χ1n) is 15.8. The summed E-state index contributed by atoms with van der Waals surface area (Å²) in [5.74, 6) is 0.328. The van der Waals surface area contributed by atoms with Gasteiger partial charge in [-0.2, -0.15) is 0 Å². The summed E-state index contributed by atoms with van der Waals surface area (Å²) in [4.78, 5) is 30.0. The molecule has 3 saturated heterocycles. The standard InChI is InChI=1S/C34H49N5OS/c1-23-19-24(2)21-25(20-23)31-28(11-12-37-15-17-38(18-16-37)14-13-36(5)6)29-22-30(41-32(29)35-31)34(3,4)33(40)39-26-7-8-27(39)10-9-26/h19-22,26-27,35H,7-18H2,1-6H3. The number of likely N-dealkylation sites (N-methyl/N-ethyl adjacent to an activating group) is 1. The van der Waals surface area contributed by atoms with Crippen molar-refractivity contribution in [2.45, 2.75) is 77.3 Å². The smallest absolute Gasteiger partial charge is 0.233 e. The second-order valence-corrected chi connectivity index (χ2v) is 14.8. The molecule has 0 spiro atoms. The van der Waals surface area contributed by atoms with Gasteiger partial charge >= 0.3 is 0 Å². The predicted molar refractivity (Wildman–Crippen MR) is 172 cm³/mol. The van der Waals surface area contributed by atoms with E-state index in [4.69, 9.17) is 0 Å². The average molecular weight is 576 g/mol. The van der Waals surface area contributed by atoms with Gasteiger partial charge in [-0.15, -0.1) is 11.3 Å². The number of amides is 1. The van der Waals surface area contributed by atoms with Crippen molar-refractivity contribution < 1.29 is 4.79 Å². The quantitative estimate of drug-likeness (QED) is 0.357. The van der Waals surface area contributed by atoms with Crippen LogP contribution in [-0.2, 0) is 16.6 Å². The Balaban J connectivity index is 1.26. The van der Waals surface area contributed by atoms with Crippen molar-refractivity contribution >= 4 is 27.5 Å². The molecule has 1 N–H and O–H groups in total. The highest BCUT2D eigenvalue weighted by Gasteiger charge is 2.47. The highest BCUT2D eigenvalue weighted by Crippen LogP contribution is 2.44. The molecule has 2 bridgehead atoms. The number of benzene rings is 1. The van der Waals surface area contributed by atoms with Gasteiger partial charge in [0.15, 0.2) is 0 Å². The van der Waals surface area contributed by atoms with Crippen LogP contribution in [-0.4, -0.2) is 102 Å². The van der Waals surface area contributed by atoms with Crippen molar-refractivity contribution in [2.75, 3.05) is 59.9 Å². The van der Waals surface area contributed by atoms with Crippen molar-refractivity contribution in [1.29, 1.82) is 0 Å². The summed E-state index contributed by atoms with van der Waals surface area (Å²) < 4.78 is 0. The van der Waals surface area contributed by atoms with Crippen LogP contribution in [0.15, 0.2) is 24.3 Å². The van der Waals surface area contributed by atoms with Gasteiger partial charge in [-0.25, -0.2) is 0 Å². The van der Waals surface area contributed by atoms with Crippen LogP contribution < -0.4 is 0 Å². The maximum atomic E-state index is 13.9.